The Morgan fingerprint density at radius 3 is 2.62 bits per heavy atom. The monoisotopic (exact) mass is 409 g/mol. The molecular formula is C17H16ClN3O3S2. The number of sulfonamides is 1. The van der Waals surface area contributed by atoms with E-state index in [2.05, 4.69) is 5.32 Å². The highest BCUT2D eigenvalue weighted by atomic mass is 35.5. The number of nitrogens with zero attached hydrogens (tertiary/aromatic N) is 2. The lowest BCUT2D eigenvalue weighted by molar-refractivity contribution is 0.102. The number of carbonyl (C=O) groups is 1. The van der Waals surface area contributed by atoms with E-state index >= 15 is 0 Å². The summed E-state index contributed by atoms with van der Waals surface area (Å²) >= 11 is 7.05. The third-order valence-corrected chi connectivity index (χ3v) is 7.41. The van der Waals surface area contributed by atoms with Gasteiger partial charge in [0, 0.05) is 18.8 Å². The van der Waals surface area contributed by atoms with Crippen molar-refractivity contribution in [3.8, 4) is 6.07 Å². The molecule has 0 spiro atoms. The molecule has 0 saturated carbocycles. The van der Waals surface area contributed by atoms with E-state index in [4.69, 9.17) is 16.9 Å². The van der Waals surface area contributed by atoms with Crippen molar-refractivity contribution in [2.75, 3.05) is 18.4 Å². The van der Waals surface area contributed by atoms with Crippen LogP contribution in [0.1, 0.15) is 34.5 Å². The summed E-state index contributed by atoms with van der Waals surface area (Å²) in [5.41, 5.74) is 0.697. The Kier molecular flexibility index (Phi) is 5.63. The zero-order valence-corrected chi connectivity index (χ0v) is 16.1. The number of hydrogen-bond acceptors (Lipinski definition) is 5. The lowest BCUT2D eigenvalue weighted by Crippen LogP contribution is -2.36. The Morgan fingerprint density at radius 1 is 1.23 bits per heavy atom. The topological polar surface area (TPSA) is 90.3 Å². The minimum atomic E-state index is -3.69. The molecule has 0 aliphatic carbocycles. The highest BCUT2D eigenvalue weighted by Crippen LogP contribution is 2.28. The van der Waals surface area contributed by atoms with Crippen LogP contribution in [0.5, 0.6) is 0 Å². The number of amides is 1. The summed E-state index contributed by atoms with van der Waals surface area (Å²) in [6, 6.07) is 7.92. The van der Waals surface area contributed by atoms with E-state index in [9.17, 15) is 13.2 Å². The Labute approximate surface area is 161 Å². The number of benzene rings is 1. The molecule has 6 nitrogen and oxygen atoms in total. The van der Waals surface area contributed by atoms with Gasteiger partial charge in [0.1, 0.15) is 15.8 Å². The third kappa shape index (κ3) is 3.76. The molecule has 0 atom stereocenters. The predicted molar refractivity (Wildman–Crippen MR) is 101 cm³/mol. The van der Waals surface area contributed by atoms with Gasteiger partial charge in [-0.3, -0.25) is 4.79 Å². The molecule has 3 rings (SSSR count). The molecule has 1 aromatic carbocycles. The van der Waals surface area contributed by atoms with Gasteiger partial charge in [0.15, 0.2) is 0 Å². The quantitative estimate of drug-likeness (QED) is 0.833. The second-order valence-corrected chi connectivity index (χ2v) is 9.07. The average Bonchev–Trinajstić information content (AvgIpc) is 3.13. The number of anilines is 1. The van der Waals surface area contributed by atoms with Crippen molar-refractivity contribution in [3.63, 3.8) is 0 Å². The van der Waals surface area contributed by atoms with Crippen molar-refractivity contribution in [2.24, 2.45) is 0 Å². The molecule has 0 radical (unpaired) electrons. The third-order valence-electron chi connectivity index (χ3n) is 4.12. The minimum Gasteiger partial charge on any atom is -0.321 e. The second kappa shape index (κ2) is 7.76. The largest absolute Gasteiger partial charge is 0.321 e. The fourth-order valence-corrected chi connectivity index (χ4v) is 5.82. The Morgan fingerprint density at radius 2 is 1.96 bits per heavy atom. The number of hydrogen-bond donors (Lipinski definition) is 1. The van der Waals surface area contributed by atoms with Gasteiger partial charge < -0.3 is 5.32 Å². The molecule has 1 amide bonds. The van der Waals surface area contributed by atoms with Gasteiger partial charge in [-0.15, -0.1) is 11.3 Å². The number of piperidine rings is 1. The number of thiophene rings is 1. The van der Waals surface area contributed by atoms with E-state index in [0.717, 1.165) is 30.6 Å². The van der Waals surface area contributed by atoms with Crippen LogP contribution in [0.3, 0.4) is 0 Å². The first-order chi connectivity index (χ1) is 12.4. The van der Waals surface area contributed by atoms with Gasteiger partial charge in [-0.2, -0.15) is 9.57 Å². The van der Waals surface area contributed by atoms with E-state index in [1.807, 2.05) is 6.07 Å². The molecule has 1 N–H and O–H groups in total. The van der Waals surface area contributed by atoms with Gasteiger partial charge in [-0.25, -0.2) is 8.42 Å². The number of nitriles is 1. The summed E-state index contributed by atoms with van der Waals surface area (Å²) in [4.78, 5) is 12.8. The van der Waals surface area contributed by atoms with Crippen LogP contribution in [0.2, 0.25) is 5.02 Å². The van der Waals surface area contributed by atoms with Gasteiger partial charge >= 0.3 is 0 Å². The Balaban J connectivity index is 1.85. The Bertz CT molecular complexity index is 973. The molecular weight excluding hydrogens is 394 g/mol. The van der Waals surface area contributed by atoms with Crippen LogP contribution in [0.25, 0.3) is 0 Å². The molecule has 1 saturated heterocycles. The van der Waals surface area contributed by atoms with Crippen LogP contribution in [-0.2, 0) is 10.0 Å². The van der Waals surface area contributed by atoms with Gasteiger partial charge in [0.25, 0.3) is 5.91 Å². The molecule has 1 aliphatic rings. The molecule has 136 valence electrons. The molecule has 0 bridgehead atoms. The van der Waals surface area contributed by atoms with Crippen molar-refractivity contribution in [3.05, 3.63) is 45.1 Å². The van der Waals surface area contributed by atoms with Crippen molar-refractivity contribution in [1.82, 2.24) is 4.31 Å². The zero-order valence-electron chi connectivity index (χ0n) is 13.7. The summed E-state index contributed by atoms with van der Waals surface area (Å²) in [7, 11) is -3.69. The van der Waals surface area contributed by atoms with Gasteiger partial charge in [0.05, 0.1) is 10.6 Å². The molecule has 1 aliphatic heterocycles. The van der Waals surface area contributed by atoms with Crippen LogP contribution in [0.15, 0.2) is 34.5 Å². The van der Waals surface area contributed by atoms with Crippen molar-refractivity contribution >= 4 is 44.6 Å². The highest BCUT2D eigenvalue weighted by Gasteiger charge is 2.31. The molecule has 1 fully saturated rings. The van der Waals surface area contributed by atoms with Crippen LogP contribution >= 0.6 is 22.9 Å². The standard InChI is InChI=1S/C17H16ClN3O3S2/c18-14-10-13(5-4-12(14)11-19)20-17(22)16-15(6-9-25-16)26(23,24)21-7-2-1-3-8-21/h4-6,9-10H,1-3,7-8H2,(H,20,22). The first-order valence-electron chi connectivity index (χ1n) is 8.02. The summed E-state index contributed by atoms with van der Waals surface area (Å²) < 4.78 is 27.2. The maximum atomic E-state index is 12.9. The van der Waals surface area contributed by atoms with E-state index in [-0.39, 0.29) is 14.8 Å². The first kappa shape index (κ1) is 18.9. The van der Waals surface area contributed by atoms with Gasteiger partial charge in [-0.05, 0) is 42.5 Å². The predicted octanol–water partition coefficient (Wildman–Crippen LogP) is 3.70. The fourth-order valence-electron chi connectivity index (χ4n) is 2.78. The van der Waals surface area contributed by atoms with Crippen LogP contribution in [-0.4, -0.2) is 31.7 Å². The SMILES string of the molecule is N#Cc1ccc(NC(=O)c2sccc2S(=O)(=O)N2CCCCC2)cc1Cl. The summed E-state index contributed by atoms with van der Waals surface area (Å²) in [6.07, 6.45) is 2.67. The lowest BCUT2D eigenvalue weighted by atomic mass is 10.2. The summed E-state index contributed by atoms with van der Waals surface area (Å²) in [5, 5.41) is 13.4. The van der Waals surface area contributed by atoms with Gasteiger partial charge in [-0.1, -0.05) is 18.0 Å². The van der Waals surface area contributed by atoms with Crippen LogP contribution < -0.4 is 5.32 Å². The second-order valence-electron chi connectivity index (χ2n) is 5.84. The normalized spacial score (nSPS) is 15.4. The number of carbonyl (C=O) groups excluding carboxylic acids is 1. The molecule has 1 aromatic heterocycles. The minimum absolute atomic E-state index is 0.0293. The fraction of sp³-hybridized carbons (Fsp3) is 0.294. The summed E-state index contributed by atoms with van der Waals surface area (Å²) in [5.74, 6) is -0.517. The van der Waals surface area contributed by atoms with E-state index < -0.39 is 15.9 Å². The molecule has 2 heterocycles. The average molecular weight is 410 g/mol. The highest BCUT2D eigenvalue weighted by molar-refractivity contribution is 7.89. The maximum Gasteiger partial charge on any atom is 0.267 e. The first-order valence-corrected chi connectivity index (χ1v) is 10.7. The Hall–Kier alpha value is -1.92. The van der Waals surface area contributed by atoms with E-state index in [1.165, 1.54) is 22.5 Å². The van der Waals surface area contributed by atoms with Crippen molar-refractivity contribution < 1.29 is 13.2 Å². The zero-order chi connectivity index (χ0) is 18.7. The molecule has 26 heavy (non-hydrogen) atoms. The maximum absolute atomic E-state index is 12.9. The lowest BCUT2D eigenvalue weighted by Gasteiger charge is -2.25. The smallest absolute Gasteiger partial charge is 0.267 e. The molecule has 9 heteroatoms. The van der Waals surface area contributed by atoms with E-state index in [0.29, 0.717) is 24.3 Å². The summed E-state index contributed by atoms with van der Waals surface area (Å²) in [6.45, 7) is 0.953. The number of halogens is 1. The van der Waals surface area contributed by atoms with E-state index in [1.54, 1.807) is 11.4 Å². The van der Waals surface area contributed by atoms with Crippen molar-refractivity contribution in [2.45, 2.75) is 24.2 Å². The number of nitrogens with one attached hydrogen (secondary N) is 1. The molecule has 0 unspecified atom stereocenters. The van der Waals surface area contributed by atoms with Gasteiger partial charge in [0.2, 0.25) is 10.0 Å². The van der Waals surface area contributed by atoms with Crippen molar-refractivity contribution in [1.29, 1.82) is 5.26 Å². The van der Waals surface area contributed by atoms with Crippen LogP contribution in [0, 0.1) is 11.3 Å². The molecule has 2 aromatic rings. The number of rotatable bonds is 4. The van der Waals surface area contributed by atoms with Crippen LogP contribution in [0.4, 0.5) is 5.69 Å².